The van der Waals surface area contributed by atoms with Crippen LogP contribution >= 0.6 is 11.3 Å². The lowest BCUT2D eigenvalue weighted by molar-refractivity contribution is -0.121. The molecule has 12 heteroatoms. The molecule has 1 saturated heterocycles. The second-order valence-corrected chi connectivity index (χ2v) is 9.53. The number of carbonyl (C=O) groups excluding carboxylic acids is 3. The normalized spacial score (nSPS) is 13.9. The summed E-state index contributed by atoms with van der Waals surface area (Å²) in [5.74, 6) is -0.0854. The fraction of sp³-hybridized carbons (Fsp3) is 0.280. The molecule has 0 bridgehead atoms. The highest BCUT2D eigenvalue weighted by Crippen LogP contribution is 2.31. The number of amides is 3. The number of fused-ring (bicyclic) bond motifs is 1. The third-order valence-electron chi connectivity index (χ3n) is 6.20. The number of ether oxygens (including phenoxy) is 1. The molecule has 1 aliphatic heterocycles. The predicted molar refractivity (Wildman–Crippen MR) is 134 cm³/mol. The number of aromatic nitrogens is 3. The number of carbonyl (C=O) groups is 3. The molecular formula is C25H24N6O5S. The first-order chi connectivity index (χ1) is 18.0. The number of rotatable bonds is 6. The molecule has 190 valence electrons. The topological polar surface area (TPSA) is 140 Å². The van der Waals surface area contributed by atoms with Gasteiger partial charge in [-0.15, -0.1) is 11.3 Å². The SMILES string of the molecule is COc1cccc(CC(=O)NNC(=O)c2csc(C3CCN(C(=O)c4ccc5nonc5c4)CC3)n2)c1. The fourth-order valence-corrected chi connectivity index (χ4v) is 5.18. The van der Waals surface area contributed by atoms with Gasteiger partial charge in [-0.25, -0.2) is 9.61 Å². The monoisotopic (exact) mass is 520 g/mol. The van der Waals surface area contributed by atoms with Crippen molar-refractivity contribution in [1.29, 1.82) is 0 Å². The molecule has 0 aliphatic carbocycles. The van der Waals surface area contributed by atoms with E-state index in [1.165, 1.54) is 11.3 Å². The standard InChI is InChI=1S/C25H24N6O5S/c1-35-18-4-2-3-15(11-18)12-22(32)27-28-23(33)21-14-37-24(26-21)16-7-9-31(10-8-16)25(34)17-5-6-19-20(13-17)30-36-29-19/h2-6,11,13-14,16H,7-10,12H2,1H3,(H,27,32)(H,28,33). The Bertz CT molecular complexity index is 1440. The molecule has 2 aromatic heterocycles. The van der Waals surface area contributed by atoms with E-state index < -0.39 is 5.91 Å². The summed E-state index contributed by atoms with van der Waals surface area (Å²) >= 11 is 1.41. The molecule has 2 N–H and O–H groups in total. The molecule has 1 aliphatic rings. The van der Waals surface area contributed by atoms with Crippen LogP contribution in [0.1, 0.15) is 50.2 Å². The van der Waals surface area contributed by atoms with Crippen LogP contribution in [-0.4, -0.2) is 58.1 Å². The molecule has 0 unspecified atom stereocenters. The quantitative estimate of drug-likeness (QED) is 0.370. The Balaban J connectivity index is 1.11. The van der Waals surface area contributed by atoms with Crippen molar-refractivity contribution >= 4 is 40.1 Å². The second kappa shape index (κ2) is 10.7. The van der Waals surface area contributed by atoms with Crippen LogP contribution in [-0.2, 0) is 11.2 Å². The Labute approximate surface area is 215 Å². The van der Waals surface area contributed by atoms with Crippen LogP contribution in [0, 0.1) is 0 Å². The average Bonchev–Trinajstić information content (AvgIpc) is 3.61. The smallest absolute Gasteiger partial charge is 0.289 e. The van der Waals surface area contributed by atoms with Crippen LogP contribution in [0.25, 0.3) is 11.0 Å². The van der Waals surface area contributed by atoms with Crippen molar-refractivity contribution in [3.63, 3.8) is 0 Å². The number of nitrogens with zero attached hydrogens (tertiary/aromatic N) is 4. The van der Waals surface area contributed by atoms with E-state index in [9.17, 15) is 14.4 Å². The van der Waals surface area contributed by atoms with Gasteiger partial charge in [0, 0.05) is 30.0 Å². The Morgan fingerprint density at radius 3 is 2.70 bits per heavy atom. The van der Waals surface area contributed by atoms with Gasteiger partial charge in [-0.2, -0.15) is 0 Å². The number of piperidine rings is 1. The highest BCUT2D eigenvalue weighted by molar-refractivity contribution is 7.09. The van der Waals surface area contributed by atoms with Gasteiger partial charge in [-0.1, -0.05) is 12.1 Å². The summed E-state index contributed by atoms with van der Waals surface area (Å²) in [6, 6.07) is 12.3. The molecule has 5 rings (SSSR count). The van der Waals surface area contributed by atoms with Gasteiger partial charge in [0.1, 0.15) is 22.5 Å². The van der Waals surface area contributed by atoms with Gasteiger partial charge in [-0.3, -0.25) is 25.2 Å². The van der Waals surface area contributed by atoms with Crippen molar-refractivity contribution in [1.82, 2.24) is 31.0 Å². The number of thiazole rings is 1. The molecule has 1 fully saturated rings. The first kappa shape index (κ1) is 24.4. The fourth-order valence-electron chi connectivity index (χ4n) is 4.21. The predicted octanol–water partition coefficient (Wildman–Crippen LogP) is 2.71. The van der Waals surface area contributed by atoms with Crippen LogP contribution in [0.3, 0.4) is 0 Å². The van der Waals surface area contributed by atoms with Crippen LogP contribution in [0.4, 0.5) is 0 Å². The third-order valence-corrected chi connectivity index (χ3v) is 7.21. The summed E-state index contributed by atoms with van der Waals surface area (Å²) < 4.78 is 9.86. The summed E-state index contributed by atoms with van der Waals surface area (Å²) in [7, 11) is 1.56. The number of hydrazine groups is 1. The van der Waals surface area contributed by atoms with E-state index in [2.05, 4.69) is 26.1 Å². The largest absolute Gasteiger partial charge is 0.497 e. The van der Waals surface area contributed by atoms with Crippen molar-refractivity contribution in [2.75, 3.05) is 20.2 Å². The Morgan fingerprint density at radius 2 is 1.89 bits per heavy atom. The summed E-state index contributed by atoms with van der Waals surface area (Å²) in [4.78, 5) is 43.9. The van der Waals surface area contributed by atoms with E-state index in [1.807, 2.05) is 11.0 Å². The van der Waals surface area contributed by atoms with Crippen LogP contribution in [0.5, 0.6) is 5.75 Å². The maximum atomic E-state index is 12.9. The number of hydrogen-bond acceptors (Lipinski definition) is 9. The number of likely N-dealkylation sites (tertiary alicyclic amines) is 1. The lowest BCUT2D eigenvalue weighted by Crippen LogP contribution is -2.42. The van der Waals surface area contributed by atoms with Gasteiger partial charge < -0.3 is 9.64 Å². The van der Waals surface area contributed by atoms with Crippen molar-refractivity contribution in [3.05, 3.63) is 69.7 Å². The summed E-state index contributed by atoms with van der Waals surface area (Å²) in [5, 5.41) is 10.1. The van der Waals surface area contributed by atoms with E-state index in [0.717, 1.165) is 23.4 Å². The Kier molecular flexibility index (Phi) is 7.08. The van der Waals surface area contributed by atoms with Crippen LogP contribution in [0.15, 0.2) is 52.5 Å². The minimum atomic E-state index is -0.480. The van der Waals surface area contributed by atoms with E-state index in [-0.39, 0.29) is 29.8 Å². The average molecular weight is 521 g/mol. The maximum Gasteiger partial charge on any atom is 0.289 e. The first-order valence-electron chi connectivity index (χ1n) is 11.7. The summed E-state index contributed by atoms with van der Waals surface area (Å²) in [6.45, 7) is 1.17. The zero-order valence-electron chi connectivity index (χ0n) is 20.0. The van der Waals surface area contributed by atoms with Gasteiger partial charge in [0.05, 0.1) is 18.5 Å². The molecular weight excluding hydrogens is 496 g/mol. The van der Waals surface area contributed by atoms with Gasteiger partial charge in [0.15, 0.2) is 0 Å². The Hall–Kier alpha value is -4.32. The number of benzene rings is 2. The van der Waals surface area contributed by atoms with Gasteiger partial charge in [0.2, 0.25) is 5.91 Å². The Morgan fingerprint density at radius 1 is 1.08 bits per heavy atom. The third kappa shape index (κ3) is 5.59. The zero-order chi connectivity index (χ0) is 25.8. The molecule has 0 saturated carbocycles. The number of nitrogens with one attached hydrogen (secondary N) is 2. The molecule has 11 nitrogen and oxygen atoms in total. The lowest BCUT2D eigenvalue weighted by atomic mass is 9.97. The summed E-state index contributed by atoms with van der Waals surface area (Å²) in [5.41, 5.74) is 7.56. The summed E-state index contributed by atoms with van der Waals surface area (Å²) in [6.07, 6.45) is 1.58. The van der Waals surface area contributed by atoms with Gasteiger partial charge in [-0.05, 0) is 59.1 Å². The highest BCUT2D eigenvalue weighted by Gasteiger charge is 2.27. The van der Waals surface area contributed by atoms with E-state index >= 15 is 0 Å². The molecule has 37 heavy (non-hydrogen) atoms. The van der Waals surface area contributed by atoms with Crippen LogP contribution in [0.2, 0.25) is 0 Å². The minimum absolute atomic E-state index is 0.0627. The molecule has 0 spiro atoms. The molecule has 4 aromatic rings. The number of methoxy groups -OCH3 is 1. The van der Waals surface area contributed by atoms with E-state index in [0.29, 0.717) is 35.4 Å². The molecule has 0 atom stereocenters. The zero-order valence-corrected chi connectivity index (χ0v) is 20.8. The second-order valence-electron chi connectivity index (χ2n) is 8.64. The van der Waals surface area contributed by atoms with Gasteiger partial charge >= 0.3 is 0 Å². The lowest BCUT2D eigenvalue weighted by Gasteiger charge is -2.31. The molecule has 3 amide bonds. The van der Waals surface area contributed by atoms with Crippen molar-refractivity contribution in [3.8, 4) is 5.75 Å². The maximum absolute atomic E-state index is 12.9. The molecule has 0 radical (unpaired) electrons. The molecule has 3 heterocycles. The van der Waals surface area contributed by atoms with Crippen molar-refractivity contribution in [2.45, 2.75) is 25.2 Å². The highest BCUT2D eigenvalue weighted by atomic mass is 32.1. The molecule has 2 aromatic carbocycles. The van der Waals surface area contributed by atoms with Crippen molar-refractivity contribution < 1.29 is 23.7 Å². The van der Waals surface area contributed by atoms with Gasteiger partial charge in [0.25, 0.3) is 11.8 Å². The van der Waals surface area contributed by atoms with Crippen LogP contribution < -0.4 is 15.6 Å². The number of hydrogen-bond donors (Lipinski definition) is 2. The van der Waals surface area contributed by atoms with E-state index in [4.69, 9.17) is 9.37 Å². The van der Waals surface area contributed by atoms with Crippen molar-refractivity contribution in [2.24, 2.45) is 0 Å². The minimum Gasteiger partial charge on any atom is -0.497 e. The first-order valence-corrected chi connectivity index (χ1v) is 12.6. The van der Waals surface area contributed by atoms with E-state index in [1.54, 1.807) is 48.9 Å².